The molecule has 0 aliphatic heterocycles. The number of hydrogen-bond donors (Lipinski definition) is 6. The fraction of sp³-hybridized carbons (Fsp3) is 0.333. The first-order valence-corrected chi connectivity index (χ1v) is 9.97. The van der Waals surface area contributed by atoms with Gasteiger partial charge in [0.1, 0.15) is 0 Å². The molecule has 0 aliphatic carbocycles. The smallest absolute Gasteiger partial charge is 0.324 e. The van der Waals surface area contributed by atoms with E-state index in [1.807, 2.05) is 0 Å². The van der Waals surface area contributed by atoms with E-state index in [-0.39, 0.29) is 0 Å². The van der Waals surface area contributed by atoms with E-state index in [4.69, 9.17) is 29.4 Å². The Bertz CT molecular complexity index is 408. The van der Waals surface area contributed by atoms with Crippen molar-refractivity contribution in [2.24, 2.45) is 0 Å². The molecule has 2 atom stereocenters. The maximum Gasteiger partial charge on any atom is 0.703 e. The van der Waals surface area contributed by atoms with Crippen LogP contribution in [0.1, 0.15) is 0 Å². The average molecular weight is 347 g/mol. The Labute approximate surface area is 102 Å². The average Bonchev–Trinajstić information content (AvgIpc) is 1.95. The van der Waals surface area contributed by atoms with Gasteiger partial charge in [0.15, 0.2) is 5.90 Å². The summed E-state index contributed by atoms with van der Waals surface area (Å²) in [6, 6.07) is 0. The van der Waals surface area contributed by atoms with E-state index in [0.717, 1.165) is 0 Å². The Kier molecular flexibility index (Phi) is 8.85. The van der Waals surface area contributed by atoms with Gasteiger partial charge in [0.25, 0.3) is 0 Å². The van der Waals surface area contributed by atoms with Crippen LogP contribution < -0.4 is 0 Å². The third kappa shape index (κ3) is 18.6. The highest BCUT2D eigenvalue weighted by Gasteiger charge is 2.28. The van der Waals surface area contributed by atoms with Gasteiger partial charge in [0.05, 0.1) is 0 Å². The van der Waals surface area contributed by atoms with Gasteiger partial charge >= 0.3 is 31.0 Å². The molecule has 15 heteroatoms. The molecule has 0 aromatic rings. The van der Waals surface area contributed by atoms with Crippen molar-refractivity contribution in [1.29, 1.82) is 0 Å². The molecule has 11 nitrogen and oxygen atoms in total. The summed E-state index contributed by atoms with van der Waals surface area (Å²) in [5, 5.41) is 0. The highest BCUT2D eigenvalue weighted by Crippen LogP contribution is 2.51. The molecular weight excluding hydrogens is 336 g/mol. The minimum absolute atomic E-state index is 0.580. The van der Waals surface area contributed by atoms with Crippen LogP contribution >= 0.6 is 31.0 Å². The lowest BCUT2D eigenvalue weighted by molar-refractivity contribution is 0.354. The van der Waals surface area contributed by atoms with Crippen molar-refractivity contribution in [3.63, 3.8) is 0 Å². The van der Waals surface area contributed by atoms with E-state index in [9.17, 15) is 18.3 Å². The largest absolute Gasteiger partial charge is 0.703 e. The molecule has 0 fully saturated rings. The summed E-state index contributed by atoms with van der Waals surface area (Å²) >= 11 is 0. The summed E-state index contributed by atoms with van der Waals surface area (Å²) in [6.45, 7) is 2.91. The second-order valence-electron chi connectivity index (χ2n) is 2.54. The Morgan fingerprint density at radius 3 is 1.44 bits per heavy atom. The van der Waals surface area contributed by atoms with Gasteiger partial charge in [0, 0.05) is 10.4 Å². The fourth-order valence-electron chi connectivity index (χ4n) is 0.373. The first-order valence-electron chi connectivity index (χ1n) is 3.59. The van der Waals surface area contributed by atoms with Crippen molar-refractivity contribution in [1.82, 2.24) is 0 Å². The summed E-state index contributed by atoms with van der Waals surface area (Å²) in [6.07, 6.45) is 0. The van der Waals surface area contributed by atoms with Gasteiger partial charge in [-0.2, -0.15) is 0 Å². The van der Waals surface area contributed by atoms with Crippen molar-refractivity contribution in [3.8, 4) is 0 Å². The third-order valence-corrected chi connectivity index (χ3v) is 5.69. The molecule has 0 aromatic carbocycles. The SMILES string of the molecule is C=CP(=O)(O)O[P+](=O)O.O=P(O)(O)CP(=O)(O)O. The maximum absolute atomic E-state index is 10.3. The van der Waals surface area contributed by atoms with Gasteiger partial charge in [0.2, 0.25) is 0 Å². The van der Waals surface area contributed by atoms with Crippen LogP contribution in [0.15, 0.2) is 12.4 Å². The van der Waals surface area contributed by atoms with E-state index in [1.165, 1.54) is 0 Å². The van der Waals surface area contributed by atoms with Gasteiger partial charge in [-0.1, -0.05) is 6.58 Å². The summed E-state index contributed by atoms with van der Waals surface area (Å²) in [5.74, 6) is -0.795. The molecule has 6 N–H and O–H groups in total. The van der Waals surface area contributed by atoms with Crippen LogP contribution in [0.5, 0.6) is 0 Å². The number of hydrogen-bond acceptors (Lipinski definition) is 5. The van der Waals surface area contributed by atoms with E-state index in [1.54, 1.807) is 0 Å². The summed E-state index contributed by atoms with van der Waals surface area (Å²) in [4.78, 5) is 48.2. The lowest BCUT2D eigenvalue weighted by atomic mass is 11.3. The van der Waals surface area contributed by atoms with Gasteiger partial charge in [-0.25, -0.2) is 0 Å². The Balaban J connectivity index is 0. The molecule has 0 aromatic heterocycles. The van der Waals surface area contributed by atoms with Crippen molar-refractivity contribution >= 4 is 31.0 Å². The van der Waals surface area contributed by atoms with E-state index in [2.05, 4.69) is 10.9 Å². The quantitative estimate of drug-likeness (QED) is 0.373. The minimum atomic E-state index is -4.55. The molecule has 0 bridgehead atoms. The van der Waals surface area contributed by atoms with Crippen LogP contribution in [0.2, 0.25) is 0 Å². The molecule has 0 heterocycles. The molecule has 0 saturated carbocycles. The van der Waals surface area contributed by atoms with E-state index in [0.29, 0.717) is 5.82 Å². The molecule has 0 saturated heterocycles. The van der Waals surface area contributed by atoms with Gasteiger partial charge in [-0.05, 0) is 4.31 Å². The predicted octanol–water partition coefficient (Wildman–Crippen LogP) is 0.281. The summed E-state index contributed by atoms with van der Waals surface area (Å²) < 4.78 is 43.3. The minimum Gasteiger partial charge on any atom is -0.324 e. The van der Waals surface area contributed by atoms with Crippen molar-refractivity contribution in [3.05, 3.63) is 12.4 Å². The molecule has 108 valence electrons. The van der Waals surface area contributed by atoms with Crippen LogP contribution in [0, 0.1) is 0 Å². The van der Waals surface area contributed by atoms with Gasteiger partial charge < -0.3 is 24.5 Å². The highest BCUT2D eigenvalue weighted by molar-refractivity contribution is 7.69. The topological polar surface area (TPSA) is 199 Å². The number of rotatable bonds is 5. The molecular formula is C3H11O11P4+. The molecule has 0 spiro atoms. The third-order valence-electron chi connectivity index (χ3n) is 0.786. The van der Waals surface area contributed by atoms with E-state index >= 15 is 0 Å². The second kappa shape index (κ2) is 7.75. The standard InChI is InChI=1S/C2H4O5P2.CH6O6P2/c1-2-9(5,6)7-8(3)4;2-8(3,4)1-9(5,6)7/h2H,1H2,(H-,3,4,5,6);1H2,(H2,2,3,4)(H2,5,6,7)/p+1. The van der Waals surface area contributed by atoms with Crippen molar-refractivity contribution < 1.29 is 51.9 Å². The zero-order valence-electron chi connectivity index (χ0n) is 8.50. The van der Waals surface area contributed by atoms with Crippen molar-refractivity contribution in [2.45, 2.75) is 0 Å². The van der Waals surface area contributed by atoms with Crippen LogP contribution in [-0.2, 0) is 22.6 Å². The van der Waals surface area contributed by atoms with Crippen molar-refractivity contribution in [2.75, 3.05) is 5.90 Å². The Morgan fingerprint density at radius 1 is 1.06 bits per heavy atom. The predicted molar refractivity (Wildman–Crippen MR) is 59.9 cm³/mol. The van der Waals surface area contributed by atoms with Gasteiger partial charge in [-0.15, -0.1) is 4.89 Å². The molecule has 0 radical (unpaired) electrons. The molecule has 18 heavy (non-hydrogen) atoms. The fourth-order valence-corrected chi connectivity index (χ4v) is 3.36. The Morgan fingerprint density at radius 2 is 1.39 bits per heavy atom. The lowest BCUT2D eigenvalue weighted by Gasteiger charge is -2.03. The zero-order valence-corrected chi connectivity index (χ0v) is 12.1. The van der Waals surface area contributed by atoms with Gasteiger partial charge in [-0.3, -0.25) is 13.7 Å². The zero-order chi connectivity index (χ0) is 15.2. The van der Waals surface area contributed by atoms with Crippen LogP contribution in [-0.4, -0.2) is 35.3 Å². The first kappa shape index (κ1) is 20.6. The Hall–Kier alpha value is 0.250. The highest BCUT2D eigenvalue weighted by atomic mass is 31.2. The van der Waals surface area contributed by atoms with Crippen LogP contribution in [0.4, 0.5) is 0 Å². The van der Waals surface area contributed by atoms with Crippen LogP contribution in [0.3, 0.4) is 0 Å². The maximum atomic E-state index is 10.3. The normalized spacial score (nSPS) is 16.0. The molecule has 2 unspecified atom stereocenters. The molecule has 0 rings (SSSR count). The van der Waals surface area contributed by atoms with E-state index < -0.39 is 36.9 Å². The van der Waals surface area contributed by atoms with Crippen LogP contribution in [0.25, 0.3) is 0 Å². The molecule has 0 amide bonds. The second-order valence-corrected chi connectivity index (χ2v) is 8.95. The molecule has 0 aliphatic rings. The first-order chi connectivity index (χ1) is 7.68. The summed E-state index contributed by atoms with van der Waals surface area (Å²) in [7, 11) is -16.1. The monoisotopic (exact) mass is 347 g/mol. The lowest BCUT2D eigenvalue weighted by Crippen LogP contribution is -1.88. The summed E-state index contributed by atoms with van der Waals surface area (Å²) in [5.41, 5.74) is 0.